The van der Waals surface area contributed by atoms with E-state index in [9.17, 15) is 14.9 Å². The van der Waals surface area contributed by atoms with Crippen molar-refractivity contribution in [2.45, 2.75) is 20.3 Å². The van der Waals surface area contributed by atoms with E-state index in [1.807, 2.05) is 6.92 Å². The van der Waals surface area contributed by atoms with Crippen LogP contribution in [0.15, 0.2) is 6.33 Å². The Labute approximate surface area is 116 Å². The molecule has 1 aromatic rings. The number of anilines is 2. The van der Waals surface area contributed by atoms with E-state index in [4.69, 9.17) is 0 Å². The first-order valence-corrected chi connectivity index (χ1v) is 6.27. The first-order chi connectivity index (χ1) is 9.56. The number of aromatic nitrogens is 2. The van der Waals surface area contributed by atoms with Gasteiger partial charge in [-0.25, -0.2) is 9.97 Å². The second-order valence-corrected chi connectivity index (χ2v) is 4.01. The number of nitrogens with zero attached hydrogens (tertiary/aromatic N) is 3. The molecule has 9 heteroatoms. The van der Waals surface area contributed by atoms with Crippen molar-refractivity contribution in [3.63, 3.8) is 0 Å². The average Bonchev–Trinajstić information content (AvgIpc) is 2.40. The van der Waals surface area contributed by atoms with Crippen molar-refractivity contribution in [3.8, 4) is 0 Å². The van der Waals surface area contributed by atoms with Crippen LogP contribution < -0.4 is 16.0 Å². The molecule has 0 aromatic carbocycles. The highest BCUT2D eigenvalue weighted by Crippen LogP contribution is 2.28. The third-order valence-electron chi connectivity index (χ3n) is 2.34. The highest BCUT2D eigenvalue weighted by Gasteiger charge is 2.22. The summed E-state index contributed by atoms with van der Waals surface area (Å²) >= 11 is 0. The zero-order valence-electron chi connectivity index (χ0n) is 11.5. The van der Waals surface area contributed by atoms with E-state index in [1.165, 1.54) is 13.3 Å². The molecule has 0 saturated carbocycles. The zero-order valence-corrected chi connectivity index (χ0v) is 11.5. The third-order valence-corrected chi connectivity index (χ3v) is 2.34. The number of rotatable bonds is 8. The Morgan fingerprint density at radius 3 is 2.35 bits per heavy atom. The van der Waals surface area contributed by atoms with E-state index in [0.29, 0.717) is 19.6 Å². The van der Waals surface area contributed by atoms with Crippen LogP contribution in [0.25, 0.3) is 0 Å². The fourth-order valence-corrected chi connectivity index (χ4v) is 1.47. The third kappa shape index (κ3) is 4.67. The Morgan fingerprint density at radius 1 is 1.25 bits per heavy atom. The Bertz CT molecular complexity index is 479. The van der Waals surface area contributed by atoms with Gasteiger partial charge in [0.15, 0.2) is 0 Å². The van der Waals surface area contributed by atoms with Gasteiger partial charge in [0, 0.05) is 26.6 Å². The molecule has 0 aliphatic rings. The molecule has 0 saturated heterocycles. The Balaban J connectivity index is 2.78. The average molecular weight is 282 g/mol. The fraction of sp³-hybridized carbons (Fsp3) is 0.545. The van der Waals surface area contributed by atoms with E-state index in [-0.39, 0.29) is 23.2 Å². The lowest BCUT2D eigenvalue weighted by atomic mass is 10.4. The standard InChI is InChI=1S/C11H18N6O3/c1-3-4-13-10-9(17(19)20)11(16-7-15-10)14-6-5-12-8(2)18/h7H,3-6H2,1-2H3,(H,12,18)(H2,13,14,15,16). The second-order valence-electron chi connectivity index (χ2n) is 4.01. The summed E-state index contributed by atoms with van der Waals surface area (Å²) in [6.07, 6.45) is 2.08. The first-order valence-electron chi connectivity index (χ1n) is 6.27. The van der Waals surface area contributed by atoms with E-state index in [1.54, 1.807) is 0 Å². The van der Waals surface area contributed by atoms with Crippen molar-refractivity contribution in [2.75, 3.05) is 30.3 Å². The number of carbonyl (C=O) groups is 1. The second kappa shape index (κ2) is 7.87. The highest BCUT2D eigenvalue weighted by atomic mass is 16.6. The molecular weight excluding hydrogens is 264 g/mol. The smallest absolute Gasteiger partial charge is 0.353 e. The summed E-state index contributed by atoms with van der Waals surface area (Å²) in [5.41, 5.74) is -0.191. The van der Waals surface area contributed by atoms with Crippen LogP contribution in [-0.4, -0.2) is 40.4 Å². The molecular formula is C11H18N6O3. The van der Waals surface area contributed by atoms with Crippen molar-refractivity contribution in [3.05, 3.63) is 16.4 Å². The monoisotopic (exact) mass is 282 g/mol. The van der Waals surface area contributed by atoms with E-state index in [2.05, 4.69) is 25.9 Å². The van der Waals surface area contributed by atoms with Gasteiger partial charge in [-0.15, -0.1) is 0 Å². The molecule has 0 atom stereocenters. The SMILES string of the molecule is CCCNc1ncnc(NCCNC(C)=O)c1[N+](=O)[O-]. The molecule has 1 heterocycles. The molecule has 0 spiro atoms. The molecule has 1 aromatic heterocycles. The molecule has 0 aliphatic heterocycles. The van der Waals surface area contributed by atoms with Crippen molar-refractivity contribution in [2.24, 2.45) is 0 Å². The predicted molar refractivity (Wildman–Crippen MR) is 74.6 cm³/mol. The molecule has 9 nitrogen and oxygen atoms in total. The summed E-state index contributed by atoms with van der Waals surface area (Å²) < 4.78 is 0. The van der Waals surface area contributed by atoms with Crippen LogP contribution in [0.1, 0.15) is 20.3 Å². The molecule has 0 radical (unpaired) electrons. The van der Waals surface area contributed by atoms with Crippen molar-refractivity contribution in [1.29, 1.82) is 0 Å². The minimum Gasteiger partial charge on any atom is -0.364 e. The quantitative estimate of drug-likeness (QED) is 0.365. The van der Waals surface area contributed by atoms with E-state index >= 15 is 0 Å². The van der Waals surface area contributed by atoms with E-state index in [0.717, 1.165) is 6.42 Å². The maximum atomic E-state index is 11.1. The van der Waals surface area contributed by atoms with Gasteiger partial charge in [0.1, 0.15) is 6.33 Å². The molecule has 0 unspecified atom stereocenters. The highest BCUT2D eigenvalue weighted by molar-refractivity contribution is 5.73. The largest absolute Gasteiger partial charge is 0.364 e. The lowest BCUT2D eigenvalue weighted by molar-refractivity contribution is -0.383. The molecule has 0 fully saturated rings. The van der Waals surface area contributed by atoms with Gasteiger partial charge in [0.2, 0.25) is 17.5 Å². The summed E-state index contributed by atoms with van der Waals surface area (Å²) in [7, 11) is 0. The number of nitro groups is 1. The topological polar surface area (TPSA) is 122 Å². The van der Waals surface area contributed by atoms with E-state index < -0.39 is 4.92 Å². The molecule has 3 N–H and O–H groups in total. The molecule has 1 amide bonds. The van der Waals surface area contributed by atoms with Crippen molar-refractivity contribution < 1.29 is 9.72 Å². The normalized spacial score (nSPS) is 9.90. The molecule has 20 heavy (non-hydrogen) atoms. The van der Waals surface area contributed by atoms with Crippen LogP contribution in [0.3, 0.4) is 0 Å². The molecule has 110 valence electrons. The number of carbonyl (C=O) groups excluding carboxylic acids is 1. The molecule has 1 rings (SSSR count). The zero-order chi connectivity index (χ0) is 15.0. The van der Waals surface area contributed by atoms with Gasteiger partial charge in [-0.3, -0.25) is 14.9 Å². The van der Waals surface area contributed by atoms with Gasteiger partial charge >= 0.3 is 5.69 Å². The van der Waals surface area contributed by atoms with Gasteiger partial charge in [-0.1, -0.05) is 6.92 Å². The number of hydrogen-bond donors (Lipinski definition) is 3. The van der Waals surface area contributed by atoms with Crippen molar-refractivity contribution >= 4 is 23.2 Å². The predicted octanol–water partition coefficient (Wildman–Crippen LogP) is 0.755. The Hall–Kier alpha value is -2.45. The number of amides is 1. The summed E-state index contributed by atoms with van der Waals surface area (Å²) in [4.78, 5) is 29.1. The van der Waals surface area contributed by atoms with Gasteiger partial charge in [0.05, 0.1) is 4.92 Å². The maximum Gasteiger partial charge on any atom is 0.353 e. The minimum atomic E-state index is -0.529. The summed E-state index contributed by atoms with van der Waals surface area (Å²) in [6, 6.07) is 0. The summed E-state index contributed by atoms with van der Waals surface area (Å²) in [6.45, 7) is 4.63. The van der Waals surface area contributed by atoms with Crippen LogP contribution in [0.5, 0.6) is 0 Å². The summed E-state index contributed by atoms with van der Waals surface area (Å²) in [5.74, 6) is 0.164. The lowest BCUT2D eigenvalue weighted by Crippen LogP contribution is -2.26. The van der Waals surface area contributed by atoms with Gasteiger partial charge < -0.3 is 16.0 Å². The fourth-order valence-electron chi connectivity index (χ4n) is 1.47. The molecule has 0 bridgehead atoms. The van der Waals surface area contributed by atoms with Crippen LogP contribution in [0.4, 0.5) is 17.3 Å². The lowest BCUT2D eigenvalue weighted by Gasteiger charge is -2.09. The van der Waals surface area contributed by atoms with Gasteiger partial charge in [0.25, 0.3) is 0 Å². The number of nitrogens with one attached hydrogen (secondary N) is 3. The Kier molecular flexibility index (Phi) is 6.14. The van der Waals surface area contributed by atoms with Gasteiger partial charge in [-0.2, -0.15) is 0 Å². The van der Waals surface area contributed by atoms with Crippen LogP contribution in [-0.2, 0) is 4.79 Å². The Morgan fingerprint density at radius 2 is 1.85 bits per heavy atom. The molecule has 0 aliphatic carbocycles. The summed E-state index contributed by atoms with van der Waals surface area (Å²) in [5, 5.41) is 19.4. The van der Waals surface area contributed by atoms with Gasteiger partial charge in [-0.05, 0) is 6.42 Å². The van der Waals surface area contributed by atoms with Crippen LogP contribution in [0.2, 0.25) is 0 Å². The first kappa shape index (κ1) is 15.6. The number of hydrogen-bond acceptors (Lipinski definition) is 7. The minimum absolute atomic E-state index is 0.133. The van der Waals surface area contributed by atoms with Crippen LogP contribution >= 0.6 is 0 Å². The van der Waals surface area contributed by atoms with Crippen LogP contribution in [0, 0.1) is 10.1 Å². The van der Waals surface area contributed by atoms with Crippen molar-refractivity contribution in [1.82, 2.24) is 15.3 Å². The maximum absolute atomic E-state index is 11.1.